The first-order valence-electron chi connectivity index (χ1n) is 9.97. The van der Waals surface area contributed by atoms with E-state index in [0.717, 1.165) is 61.8 Å². The number of rotatable bonds is 8. The Bertz CT molecular complexity index is 770. The smallest absolute Gasteiger partial charge is 0.222 e. The highest BCUT2D eigenvalue weighted by Gasteiger charge is 2.20. The van der Waals surface area contributed by atoms with Gasteiger partial charge in [0.05, 0.1) is 7.11 Å². The zero-order valence-electron chi connectivity index (χ0n) is 16.9. The lowest BCUT2D eigenvalue weighted by atomic mass is 10.1. The van der Waals surface area contributed by atoms with Crippen LogP contribution in [0.2, 0.25) is 0 Å². The van der Waals surface area contributed by atoms with Crippen molar-refractivity contribution in [2.45, 2.75) is 19.8 Å². The predicted molar refractivity (Wildman–Crippen MR) is 111 cm³/mol. The van der Waals surface area contributed by atoms with Crippen LogP contribution in [0.1, 0.15) is 17.5 Å². The number of carbonyl (C=O) groups excluding carboxylic acids is 1. The first-order valence-corrected chi connectivity index (χ1v) is 9.97. The molecule has 0 spiro atoms. The molecular formula is C23H30N2O3. The van der Waals surface area contributed by atoms with E-state index in [1.807, 2.05) is 47.4 Å². The Kier molecular flexibility index (Phi) is 7.31. The van der Waals surface area contributed by atoms with E-state index < -0.39 is 0 Å². The van der Waals surface area contributed by atoms with Crippen LogP contribution in [0, 0.1) is 6.92 Å². The number of nitrogens with zero attached hydrogens (tertiary/aromatic N) is 2. The highest BCUT2D eigenvalue weighted by molar-refractivity contribution is 5.76. The lowest BCUT2D eigenvalue weighted by Gasteiger charge is -2.34. The summed E-state index contributed by atoms with van der Waals surface area (Å²) < 4.78 is 11.1. The summed E-state index contributed by atoms with van der Waals surface area (Å²) in [4.78, 5) is 16.9. The molecule has 2 aromatic carbocycles. The molecule has 0 unspecified atom stereocenters. The Morgan fingerprint density at radius 2 is 1.82 bits per heavy atom. The van der Waals surface area contributed by atoms with Crippen molar-refractivity contribution in [1.29, 1.82) is 0 Å². The molecule has 1 aliphatic heterocycles. The maximum Gasteiger partial charge on any atom is 0.222 e. The molecule has 0 aromatic heterocycles. The Labute approximate surface area is 167 Å². The van der Waals surface area contributed by atoms with Gasteiger partial charge in [0.2, 0.25) is 5.91 Å². The minimum Gasteiger partial charge on any atom is -0.497 e. The standard InChI is InChI=1S/C23H30N2O3/c1-19-6-3-4-9-22(19)28-17-16-24-12-14-25(15-13-24)23(26)11-10-20-7-5-8-21(18-20)27-2/h3-9,18H,10-17H2,1-2H3. The fraction of sp³-hybridized carbons (Fsp3) is 0.435. The number of carbonyl (C=O) groups is 1. The molecule has 0 bridgehead atoms. The van der Waals surface area contributed by atoms with Crippen LogP contribution in [0.4, 0.5) is 0 Å². The molecule has 150 valence electrons. The molecule has 3 rings (SSSR count). The van der Waals surface area contributed by atoms with Gasteiger partial charge in [0, 0.05) is 39.1 Å². The highest BCUT2D eigenvalue weighted by Crippen LogP contribution is 2.17. The SMILES string of the molecule is COc1cccc(CCC(=O)N2CCN(CCOc3ccccc3C)CC2)c1. The maximum atomic E-state index is 12.5. The largest absolute Gasteiger partial charge is 0.497 e. The van der Waals surface area contributed by atoms with Crippen LogP contribution in [0.25, 0.3) is 0 Å². The molecule has 0 radical (unpaired) electrons. The van der Waals surface area contributed by atoms with Gasteiger partial charge in [0.1, 0.15) is 18.1 Å². The minimum absolute atomic E-state index is 0.235. The van der Waals surface area contributed by atoms with Crippen LogP contribution >= 0.6 is 0 Å². The van der Waals surface area contributed by atoms with Gasteiger partial charge in [-0.1, -0.05) is 30.3 Å². The van der Waals surface area contributed by atoms with Gasteiger partial charge < -0.3 is 14.4 Å². The summed E-state index contributed by atoms with van der Waals surface area (Å²) >= 11 is 0. The predicted octanol–water partition coefficient (Wildman–Crippen LogP) is 3.16. The molecule has 0 atom stereocenters. The molecule has 1 saturated heterocycles. The van der Waals surface area contributed by atoms with Gasteiger partial charge >= 0.3 is 0 Å². The second kappa shape index (κ2) is 10.1. The normalized spacial score (nSPS) is 14.7. The zero-order valence-corrected chi connectivity index (χ0v) is 16.9. The van der Waals surface area contributed by atoms with E-state index in [0.29, 0.717) is 13.0 Å². The van der Waals surface area contributed by atoms with Gasteiger partial charge in [0.15, 0.2) is 0 Å². The van der Waals surface area contributed by atoms with Crippen LogP contribution < -0.4 is 9.47 Å². The Balaban J connectivity index is 1.36. The second-order valence-electron chi connectivity index (χ2n) is 7.19. The number of amides is 1. The summed E-state index contributed by atoms with van der Waals surface area (Å²) in [6.07, 6.45) is 1.30. The van der Waals surface area contributed by atoms with Crippen LogP contribution in [0.3, 0.4) is 0 Å². The van der Waals surface area contributed by atoms with Gasteiger partial charge in [0.25, 0.3) is 0 Å². The molecule has 5 nitrogen and oxygen atoms in total. The van der Waals surface area contributed by atoms with Crippen LogP contribution in [0.15, 0.2) is 48.5 Å². The van der Waals surface area contributed by atoms with Crippen molar-refractivity contribution in [3.63, 3.8) is 0 Å². The molecule has 2 aromatic rings. The van der Waals surface area contributed by atoms with E-state index in [2.05, 4.69) is 17.9 Å². The third kappa shape index (κ3) is 5.73. The van der Waals surface area contributed by atoms with Crippen molar-refractivity contribution in [2.75, 3.05) is 46.4 Å². The maximum absolute atomic E-state index is 12.5. The molecule has 1 amide bonds. The Morgan fingerprint density at radius 3 is 2.57 bits per heavy atom. The average Bonchev–Trinajstić information content (AvgIpc) is 2.74. The lowest BCUT2D eigenvalue weighted by Crippen LogP contribution is -2.49. The molecular weight excluding hydrogens is 352 g/mol. The van der Waals surface area contributed by atoms with E-state index in [-0.39, 0.29) is 5.91 Å². The number of benzene rings is 2. The fourth-order valence-electron chi connectivity index (χ4n) is 3.46. The summed E-state index contributed by atoms with van der Waals surface area (Å²) in [5, 5.41) is 0. The quantitative estimate of drug-likeness (QED) is 0.703. The molecule has 5 heteroatoms. The van der Waals surface area contributed by atoms with Gasteiger partial charge in [-0.05, 0) is 42.7 Å². The number of para-hydroxylation sites is 1. The summed E-state index contributed by atoms with van der Waals surface area (Å²) in [6.45, 7) is 7.02. The van der Waals surface area contributed by atoms with Crippen molar-refractivity contribution in [1.82, 2.24) is 9.80 Å². The number of aryl methyl sites for hydroxylation is 2. The Morgan fingerprint density at radius 1 is 1.04 bits per heavy atom. The topological polar surface area (TPSA) is 42.0 Å². The summed E-state index contributed by atoms with van der Waals surface area (Å²) in [6, 6.07) is 16.0. The van der Waals surface area contributed by atoms with Gasteiger partial charge in [-0.15, -0.1) is 0 Å². The number of piperazine rings is 1. The first-order chi connectivity index (χ1) is 13.7. The molecule has 1 aliphatic rings. The van der Waals surface area contributed by atoms with Gasteiger partial charge in [-0.25, -0.2) is 0 Å². The number of ether oxygens (including phenoxy) is 2. The van der Waals surface area contributed by atoms with Gasteiger partial charge in [-0.2, -0.15) is 0 Å². The zero-order chi connectivity index (χ0) is 19.8. The first kappa shape index (κ1) is 20.2. The summed E-state index contributed by atoms with van der Waals surface area (Å²) in [7, 11) is 1.66. The van der Waals surface area contributed by atoms with E-state index in [1.165, 1.54) is 0 Å². The number of hydrogen-bond donors (Lipinski definition) is 0. The number of hydrogen-bond acceptors (Lipinski definition) is 4. The van der Waals surface area contributed by atoms with Crippen molar-refractivity contribution in [3.8, 4) is 11.5 Å². The molecule has 0 aliphatic carbocycles. The van der Waals surface area contributed by atoms with Crippen molar-refractivity contribution < 1.29 is 14.3 Å². The third-order valence-corrected chi connectivity index (χ3v) is 5.25. The number of methoxy groups -OCH3 is 1. The van der Waals surface area contributed by atoms with Crippen molar-refractivity contribution >= 4 is 5.91 Å². The van der Waals surface area contributed by atoms with E-state index in [4.69, 9.17) is 9.47 Å². The molecule has 1 fully saturated rings. The molecule has 0 saturated carbocycles. The summed E-state index contributed by atoms with van der Waals surface area (Å²) in [5.41, 5.74) is 2.30. The van der Waals surface area contributed by atoms with Crippen molar-refractivity contribution in [2.24, 2.45) is 0 Å². The Hall–Kier alpha value is -2.53. The van der Waals surface area contributed by atoms with E-state index in [1.54, 1.807) is 7.11 Å². The lowest BCUT2D eigenvalue weighted by molar-refractivity contribution is -0.132. The van der Waals surface area contributed by atoms with E-state index in [9.17, 15) is 4.79 Å². The highest BCUT2D eigenvalue weighted by atomic mass is 16.5. The third-order valence-electron chi connectivity index (χ3n) is 5.25. The van der Waals surface area contributed by atoms with Crippen molar-refractivity contribution in [3.05, 3.63) is 59.7 Å². The van der Waals surface area contributed by atoms with Gasteiger partial charge in [-0.3, -0.25) is 9.69 Å². The molecule has 28 heavy (non-hydrogen) atoms. The second-order valence-corrected chi connectivity index (χ2v) is 7.19. The minimum atomic E-state index is 0.235. The monoisotopic (exact) mass is 382 g/mol. The summed E-state index contributed by atoms with van der Waals surface area (Å²) in [5.74, 6) is 2.03. The van der Waals surface area contributed by atoms with Crippen LogP contribution in [-0.2, 0) is 11.2 Å². The molecule has 0 N–H and O–H groups in total. The molecule has 1 heterocycles. The van der Waals surface area contributed by atoms with Crippen LogP contribution in [0.5, 0.6) is 11.5 Å². The van der Waals surface area contributed by atoms with E-state index >= 15 is 0 Å². The average molecular weight is 383 g/mol. The fourth-order valence-corrected chi connectivity index (χ4v) is 3.46. The van der Waals surface area contributed by atoms with Crippen LogP contribution in [-0.4, -0.2) is 62.1 Å².